The standard InChI is InChI=1S/C23H21N3O7/c27-22(16-33-19-12-10-17(11-13-19)26(29)30)24-25-23(28)20-8-4-5-9-21(20)32-15-14-31-18-6-2-1-3-7-18/h1-13H,14-16H2,(H,24,27)(H,25,28). The molecule has 0 saturated heterocycles. The molecule has 0 unspecified atom stereocenters. The molecule has 3 aromatic rings. The summed E-state index contributed by atoms with van der Waals surface area (Å²) in [5.74, 6) is 0.141. The van der Waals surface area contributed by atoms with Gasteiger partial charge < -0.3 is 14.2 Å². The maximum Gasteiger partial charge on any atom is 0.276 e. The van der Waals surface area contributed by atoms with Crippen LogP contribution in [-0.4, -0.2) is 36.6 Å². The maximum absolute atomic E-state index is 12.5. The number of nitro benzene ring substituents is 1. The summed E-state index contributed by atoms with van der Waals surface area (Å²) in [6, 6.07) is 21.1. The molecular weight excluding hydrogens is 430 g/mol. The van der Waals surface area contributed by atoms with Crippen LogP contribution in [-0.2, 0) is 4.79 Å². The number of nitro groups is 1. The molecule has 10 nitrogen and oxygen atoms in total. The van der Waals surface area contributed by atoms with Crippen molar-refractivity contribution in [1.82, 2.24) is 10.9 Å². The Morgan fingerprint density at radius 2 is 1.39 bits per heavy atom. The van der Waals surface area contributed by atoms with Crippen LogP contribution in [0.3, 0.4) is 0 Å². The number of carbonyl (C=O) groups excluding carboxylic acids is 2. The lowest BCUT2D eigenvalue weighted by atomic mass is 10.2. The minimum atomic E-state index is -0.614. The summed E-state index contributed by atoms with van der Waals surface area (Å²) < 4.78 is 16.4. The van der Waals surface area contributed by atoms with Crippen molar-refractivity contribution in [2.24, 2.45) is 0 Å². The van der Waals surface area contributed by atoms with Gasteiger partial charge in [0.2, 0.25) is 0 Å². The Hall–Kier alpha value is -4.60. The number of nitrogens with zero attached hydrogens (tertiary/aromatic N) is 1. The summed E-state index contributed by atoms with van der Waals surface area (Å²) in [4.78, 5) is 34.5. The molecule has 0 aliphatic rings. The normalized spacial score (nSPS) is 10.1. The van der Waals surface area contributed by atoms with Gasteiger partial charge >= 0.3 is 0 Å². The molecule has 0 aromatic heterocycles. The third-order valence-electron chi connectivity index (χ3n) is 4.22. The average Bonchev–Trinajstić information content (AvgIpc) is 2.85. The number of hydrogen-bond acceptors (Lipinski definition) is 7. The number of para-hydroxylation sites is 2. The van der Waals surface area contributed by atoms with Crippen LogP contribution in [0.5, 0.6) is 17.2 Å². The first-order valence-corrected chi connectivity index (χ1v) is 9.89. The van der Waals surface area contributed by atoms with Gasteiger partial charge in [0.1, 0.15) is 30.5 Å². The molecule has 0 saturated carbocycles. The van der Waals surface area contributed by atoms with Crippen LogP contribution >= 0.6 is 0 Å². The second-order valence-electron chi connectivity index (χ2n) is 6.55. The van der Waals surface area contributed by atoms with Crippen molar-refractivity contribution in [3.63, 3.8) is 0 Å². The van der Waals surface area contributed by atoms with Gasteiger partial charge in [0.25, 0.3) is 17.5 Å². The molecule has 0 heterocycles. The van der Waals surface area contributed by atoms with Gasteiger partial charge in [-0.15, -0.1) is 0 Å². The lowest BCUT2D eigenvalue weighted by Crippen LogP contribution is -2.44. The number of nitrogens with one attached hydrogen (secondary N) is 2. The minimum absolute atomic E-state index is 0.0911. The molecule has 0 spiro atoms. The van der Waals surface area contributed by atoms with Crippen molar-refractivity contribution >= 4 is 17.5 Å². The Bertz CT molecular complexity index is 1090. The van der Waals surface area contributed by atoms with Crippen LogP contribution in [0.1, 0.15) is 10.4 Å². The van der Waals surface area contributed by atoms with Crippen LogP contribution < -0.4 is 25.1 Å². The smallest absolute Gasteiger partial charge is 0.276 e. The van der Waals surface area contributed by atoms with Crippen molar-refractivity contribution < 1.29 is 28.7 Å². The Labute approximate surface area is 189 Å². The van der Waals surface area contributed by atoms with Gasteiger partial charge in [0.05, 0.1) is 10.5 Å². The van der Waals surface area contributed by atoms with E-state index < -0.39 is 23.3 Å². The largest absolute Gasteiger partial charge is 0.490 e. The third-order valence-corrected chi connectivity index (χ3v) is 4.22. The summed E-state index contributed by atoms with van der Waals surface area (Å²) in [5.41, 5.74) is 4.68. The fourth-order valence-electron chi connectivity index (χ4n) is 2.65. The monoisotopic (exact) mass is 451 g/mol. The van der Waals surface area contributed by atoms with E-state index in [1.807, 2.05) is 30.3 Å². The minimum Gasteiger partial charge on any atom is -0.490 e. The van der Waals surface area contributed by atoms with E-state index in [2.05, 4.69) is 10.9 Å². The van der Waals surface area contributed by atoms with Gasteiger partial charge in [0, 0.05) is 12.1 Å². The molecule has 3 aromatic carbocycles. The average molecular weight is 451 g/mol. The molecular formula is C23H21N3O7. The number of hydrazine groups is 1. The van der Waals surface area contributed by atoms with Crippen LogP contribution in [0.15, 0.2) is 78.9 Å². The van der Waals surface area contributed by atoms with Crippen molar-refractivity contribution in [3.8, 4) is 17.2 Å². The summed E-state index contributed by atoms with van der Waals surface area (Å²) >= 11 is 0. The second-order valence-corrected chi connectivity index (χ2v) is 6.55. The molecule has 33 heavy (non-hydrogen) atoms. The molecule has 3 rings (SSSR count). The molecule has 0 aliphatic heterocycles. The Kier molecular flexibility index (Phi) is 8.18. The Morgan fingerprint density at radius 3 is 2.12 bits per heavy atom. The molecule has 170 valence electrons. The molecule has 2 N–H and O–H groups in total. The molecule has 0 aliphatic carbocycles. The first-order chi connectivity index (χ1) is 16.0. The maximum atomic E-state index is 12.5. The topological polar surface area (TPSA) is 129 Å². The van der Waals surface area contributed by atoms with E-state index in [-0.39, 0.29) is 30.2 Å². The highest BCUT2D eigenvalue weighted by Crippen LogP contribution is 2.18. The second kappa shape index (κ2) is 11.7. The lowest BCUT2D eigenvalue weighted by molar-refractivity contribution is -0.384. The predicted molar refractivity (Wildman–Crippen MR) is 118 cm³/mol. The third kappa shape index (κ3) is 7.24. The molecule has 0 radical (unpaired) electrons. The first kappa shape index (κ1) is 23.1. The fraction of sp³-hybridized carbons (Fsp3) is 0.130. The summed E-state index contributed by atoms with van der Waals surface area (Å²) in [7, 11) is 0. The van der Waals surface area contributed by atoms with Crippen LogP contribution in [0, 0.1) is 10.1 Å². The summed E-state index contributed by atoms with van der Waals surface area (Å²) in [5, 5.41) is 10.6. The fourth-order valence-corrected chi connectivity index (χ4v) is 2.65. The van der Waals surface area contributed by atoms with Gasteiger partial charge in [-0.1, -0.05) is 30.3 Å². The molecule has 0 fully saturated rings. The van der Waals surface area contributed by atoms with Crippen LogP contribution in [0.2, 0.25) is 0 Å². The molecule has 2 amide bonds. The van der Waals surface area contributed by atoms with Crippen LogP contribution in [0.25, 0.3) is 0 Å². The van der Waals surface area contributed by atoms with Gasteiger partial charge in [-0.05, 0) is 36.4 Å². The number of non-ortho nitro benzene ring substituents is 1. The van der Waals surface area contributed by atoms with Crippen molar-refractivity contribution in [2.45, 2.75) is 0 Å². The number of rotatable bonds is 10. The lowest BCUT2D eigenvalue weighted by Gasteiger charge is -2.13. The van der Waals surface area contributed by atoms with Gasteiger partial charge in [0.15, 0.2) is 6.61 Å². The number of carbonyl (C=O) groups is 2. The highest BCUT2D eigenvalue weighted by molar-refractivity contribution is 5.97. The number of amides is 2. The molecule has 0 bridgehead atoms. The van der Waals surface area contributed by atoms with E-state index in [4.69, 9.17) is 14.2 Å². The van der Waals surface area contributed by atoms with Crippen molar-refractivity contribution in [2.75, 3.05) is 19.8 Å². The van der Waals surface area contributed by atoms with Crippen molar-refractivity contribution in [3.05, 3.63) is 94.5 Å². The van der Waals surface area contributed by atoms with Gasteiger partial charge in [-0.3, -0.25) is 30.6 Å². The predicted octanol–water partition coefficient (Wildman–Crippen LogP) is 2.89. The van der Waals surface area contributed by atoms with Crippen LogP contribution in [0.4, 0.5) is 5.69 Å². The van der Waals surface area contributed by atoms with E-state index in [9.17, 15) is 19.7 Å². The number of benzene rings is 3. The Morgan fingerprint density at radius 1 is 0.758 bits per heavy atom. The first-order valence-electron chi connectivity index (χ1n) is 9.89. The number of ether oxygens (including phenoxy) is 3. The quantitative estimate of drug-likeness (QED) is 0.275. The summed E-state index contributed by atoms with van der Waals surface area (Å²) in [6.07, 6.45) is 0. The van der Waals surface area contributed by atoms with Gasteiger partial charge in [-0.25, -0.2) is 0 Å². The molecule has 0 atom stereocenters. The van der Waals surface area contributed by atoms with E-state index in [0.29, 0.717) is 11.5 Å². The van der Waals surface area contributed by atoms with E-state index >= 15 is 0 Å². The zero-order valence-corrected chi connectivity index (χ0v) is 17.4. The van der Waals surface area contributed by atoms with Crippen molar-refractivity contribution in [1.29, 1.82) is 0 Å². The number of hydrogen-bond donors (Lipinski definition) is 2. The van der Waals surface area contributed by atoms with Gasteiger partial charge in [-0.2, -0.15) is 0 Å². The molecule has 10 heteroatoms. The SMILES string of the molecule is O=C(COc1ccc([N+](=O)[O-])cc1)NNC(=O)c1ccccc1OCCOc1ccccc1. The van der Waals surface area contributed by atoms with E-state index in [1.165, 1.54) is 24.3 Å². The highest BCUT2D eigenvalue weighted by Gasteiger charge is 2.13. The Balaban J connectivity index is 1.43. The zero-order chi connectivity index (χ0) is 23.5. The zero-order valence-electron chi connectivity index (χ0n) is 17.4. The van der Waals surface area contributed by atoms with E-state index in [1.54, 1.807) is 24.3 Å². The summed E-state index contributed by atoms with van der Waals surface area (Å²) in [6.45, 7) is 0.109. The van der Waals surface area contributed by atoms with E-state index in [0.717, 1.165) is 0 Å². The highest BCUT2D eigenvalue weighted by atomic mass is 16.6.